The molecule has 0 bridgehead atoms. The summed E-state index contributed by atoms with van der Waals surface area (Å²) in [5.74, 6) is 1.81. The van der Waals surface area contributed by atoms with Crippen molar-refractivity contribution in [2.75, 3.05) is 13.2 Å². The smallest absolute Gasteiger partial charge is 0.234 e. The van der Waals surface area contributed by atoms with Crippen molar-refractivity contribution in [3.05, 3.63) is 11.7 Å². The molecule has 18 heavy (non-hydrogen) atoms. The summed E-state index contributed by atoms with van der Waals surface area (Å²) in [6.07, 6.45) is 5.46. The highest BCUT2D eigenvalue weighted by Crippen LogP contribution is 2.38. The van der Waals surface area contributed by atoms with Crippen LogP contribution in [0.5, 0.6) is 0 Å². The van der Waals surface area contributed by atoms with E-state index in [1.54, 1.807) is 0 Å². The van der Waals surface area contributed by atoms with E-state index in [-0.39, 0.29) is 11.5 Å². The minimum absolute atomic E-state index is 0.124. The van der Waals surface area contributed by atoms with Crippen LogP contribution in [0.1, 0.15) is 56.7 Å². The Balaban J connectivity index is 1.83. The van der Waals surface area contributed by atoms with E-state index in [0.29, 0.717) is 12.5 Å². The van der Waals surface area contributed by atoms with E-state index in [1.807, 2.05) is 0 Å². The van der Waals surface area contributed by atoms with Crippen molar-refractivity contribution in [2.24, 2.45) is 5.73 Å². The van der Waals surface area contributed by atoms with Crippen molar-refractivity contribution in [1.29, 1.82) is 0 Å². The van der Waals surface area contributed by atoms with Crippen LogP contribution in [0.15, 0.2) is 4.52 Å². The summed E-state index contributed by atoms with van der Waals surface area (Å²) in [6, 6.07) is 0.124. The second-order valence-corrected chi connectivity index (χ2v) is 5.79. The molecule has 2 N–H and O–H groups in total. The van der Waals surface area contributed by atoms with Crippen molar-refractivity contribution in [1.82, 2.24) is 10.1 Å². The molecule has 3 rings (SSSR count). The maximum absolute atomic E-state index is 6.26. The third-order valence-electron chi connectivity index (χ3n) is 4.50. The summed E-state index contributed by atoms with van der Waals surface area (Å²) < 4.78 is 10.9. The Bertz CT molecular complexity index is 414. The standard InChI is InChI=1S/C13H21N3O2/c1-13(6-3-2-4-10(13)14)12-15-11(16-18-12)9-5-7-17-8-9/h9-10H,2-8,14H2,1H3. The van der Waals surface area contributed by atoms with Crippen molar-refractivity contribution in [2.45, 2.75) is 56.4 Å². The van der Waals surface area contributed by atoms with Gasteiger partial charge in [-0.3, -0.25) is 0 Å². The molecule has 3 unspecified atom stereocenters. The number of hydrogen-bond donors (Lipinski definition) is 1. The van der Waals surface area contributed by atoms with Gasteiger partial charge >= 0.3 is 0 Å². The summed E-state index contributed by atoms with van der Waals surface area (Å²) in [5, 5.41) is 4.13. The van der Waals surface area contributed by atoms with Gasteiger partial charge in [-0.2, -0.15) is 4.98 Å². The first kappa shape index (κ1) is 12.1. The molecule has 100 valence electrons. The van der Waals surface area contributed by atoms with Crippen LogP contribution in [0.2, 0.25) is 0 Å². The molecule has 0 radical (unpaired) electrons. The van der Waals surface area contributed by atoms with Crippen LogP contribution in [-0.4, -0.2) is 29.4 Å². The monoisotopic (exact) mass is 251 g/mol. The summed E-state index contributed by atoms with van der Waals surface area (Å²) in [7, 11) is 0. The summed E-state index contributed by atoms with van der Waals surface area (Å²) >= 11 is 0. The second kappa shape index (κ2) is 4.63. The van der Waals surface area contributed by atoms with Crippen molar-refractivity contribution >= 4 is 0 Å². The molecule has 0 aromatic carbocycles. The summed E-state index contributed by atoms with van der Waals surface area (Å²) in [4.78, 5) is 4.60. The Morgan fingerprint density at radius 3 is 2.94 bits per heavy atom. The zero-order valence-corrected chi connectivity index (χ0v) is 10.9. The summed E-state index contributed by atoms with van der Waals surface area (Å²) in [5.41, 5.74) is 6.11. The molecule has 2 fully saturated rings. The van der Waals surface area contributed by atoms with E-state index >= 15 is 0 Å². The van der Waals surface area contributed by atoms with Gasteiger partial charge in [0.1, 0.15) is 0 Å². The fourth-order valence-electron chi connectivity index (χ4n) is 3.00. The Hall–Kier alpha value is -0.940. The van der Waals surface area contributed by atoms with Gasteiger partial charge in [0.05, 0.1) is 12.0 Å². The van der Waals surface area contributed by atoms with Crippen molar-refractivity contribution < 1.29 is 9.26 Å². The van der Waals surface area contributed by atoms with Crippen LogP contribution in [0.3, 0.4) is 0 Å². The lowest BCUT2D eigenvalue weighted by Gasteiger charge is -2.35. The van der Waals surface area contributed by atoms with E-state index in [2.05, 4.69) is 17.1 Å². The van der Waals surface area contributed by atoms with Crippen molar-refractivity contribution in [3.8, 4) is 0 Å². The second-order valence-electron chi connectivity index (χ2n) is 5.79. The molecular formula is C13H21N3O2. The molecule has 1 aromatic heterocycles. The van der Waals surface area contributed by atoms with E-state index in [0.717, 1.165) is 37.6 Å². The first-order chi connectivity index (χ1) is 8.70. The van der Waals surface area contributed by atoms with E-state index in [1.165, 1.54) is 12.8 Å². The zero-order chi connectivity index (χ0) is 12.6. The van der Waals surface area contributed by atoms with Gasteiger partial charge in [0.2, 0.25) is 5.89 Å². The molecule has 1 saturated heterocycles. The van der Waals surface area contributed by atoms with Gasteiger partial charge in [-0.25, -0.2) is 0 Å². The molecule has 1 aromatic rings. The maximum Gasteiger partial charge on any atom is 0.234 e. The fraction of sp³-hybridized carbons (Fsp3) is 0.846. The van der Waals surface area contributed by atoms with E-state index in [9.17, 15) is 0 Å². The molecule has 1 aliphatic heterocycles. The average Bonchev–Trinajstić information content (AvgIpc) is 3.01. The molecule has 5 nitrogen and oxygen atoms in total. The molecule has 2 aliphatic rings. The molecule has 5 heteroatoms. The first-order valence-corrected chi connectivity index (χ1v) is 6.87. The fourth-order valence-corrected chi connectivity index (χ4v) is 3.00. The van der Waals surface area contributed by atoms with Gasteiger partial charge in [-0.05, 0) is 26.2 Å². The van der Waals surface area contributed by atoms with Gasteiger partial charge in [0.25, 0.3) is 0 Å². The first-order valence-electron chi connectivity index (χ1n) is 6.87. The van der Waals surface area contributed by atoms with Crippen LogP contribution >= 0.6 is 0 Å². The normalized spacial score (nSPS) is 37.0. The quantitative estimate of drug-likeness (QED) is 0.866. The Morgan fingerprint density at radius 2 is 2.22 bits per heavy atom. The number of rotatable bonds is 2. The number of hydrogen-bond acceptors (Lipinski definition) is 5. The van der Waals surface area contributed by atoms with Crippen LogP contribution in [0.4, 0.5) is 0 Å². The van der Waals surface area contributed by atoms with Crippen LogP contribution in [0.25, 0.3) is 0 Å². The third kappa shape index (κ3) is 1.95. The van der Waals surface area contributed by atoms with Crippen LogP contribution in [0, 0.1) is 0 Å². The number of aromatic nitrogens is 2. The molecule has 1 aliphatic carbocycles. The average molecular weight is 251 g/mol. The number of nitrogens with two attached hydrogens (primary N) is 1. The van der Waals surface area contributed by atoms with Crippen molar-refractivity contribution in [3.63, 3.8) is 0 Å². The zero-order valence-electron chi connectivity index (χ0n) is 10.9. The Morgan fingerprint density at radius 1 is 1.33 bits per heavy atom. The number of nitrogens with zero attached hydrogens (tertiary/aromatic N) is 2. The molecule has 2 heterocycles. The molecule has 1 saturated carbocycles. The summed E-state index contributed by atoms with van der Waals surface area (Å²) in [6.45, 7) is 3.66. The predicted molar refractivity (Wildman–Crippen MR) is 66.3 cm³/mol. The molecular weight excluding hydrogens is 230 g/mol. The predicted octanol–water partition coefficient (Wildman–Crippen LogP) is 1.73. The Kier molecular flexibility index (Phi) is 3.11. The largest absolute Gasteiger partial charge is 0.381 e. The number of ether oxygens (including phenoxy) is 1. The topological polar surface area (TPSA) is 74.2 Å². The van der Waals surface area contributed by atoms with E-state index < -0.39 is 0 Å². The Labute approximate surface area is 107 Å². The minimum Gasteiger partial charge on any atom is -0.381 e. The third-order valence-corrected chi connectivity index (χ3v) is 4.50. The van der Waals surface area contributed by atoms with Crippen LogP contribution < -0.4 is 5.73 Å². The highest BCUT2D eigenvalue weighted by molar-refractivity contribution is 5.11. The lowest BCUT2D eigenvalue weighted by atomic mass is 9.72. The maximum atomic E-state index is 6.26. The lowest BCUT2D eigenvalue weighted by molar-refractivity contribution is 0.192. The molecule has 0 amide bonds. The molecule has 0 spiro atoms. The van der Waals surface area contributed by atoms with E-state index in [4.69, 9.17) is 15.0 Å². The van der Waals surface area contributed by atoms with Gasteiger partial charge in [0.15, 0.2) is 5.82 Å². The van der Waals surface area contributed by atoms with Gasteiger partial charge in [-0.15, -0.1) is 0 Å². The van der Waals surface area contributed by atoms with Gasteiger partial charge in [0, 0.05) is 18.6 Å². The van der Waals surface area contributed by atoms with Gasteiger partial charge in [-0.1, -0.05) is 18.0 Å². The highest BCUT2D eigenvalue weighted by atomic mass is 16.5. The SMILES string of the molecule is CC1(c2nc(C3CCOC3)no2)CCCCC1N. The molecule has 3 atom stereocenters. The highest BCUT2D eigenvalue weighted by Gasteiger charge is 2.41. The van der Waals surface area contributed by atoms with Crippen LogP contribution in [-0.2, 0) is 10.2 Å². The minimum atomic E-state index is -0.150. The van der Waals surface area contributed by atoms with Gasteiger partial charge < -0.3 is 15.0 Å². The lowest BCUT2D eigenvalue weighted by Crippen LogP contribution is -2.45.